The first kappa shape index (κ1) is 33.2. The maximum absolute atomic E-state index is 4.91. The van der Waals surface area contributed by atoms with Crippen molar-refractivity contribution in [2.75, 3.05) is 0 Å². The van der Waals surface area contributed by atoms with Gasteiger partial charge in [-0.25, -0.2) is 0 Å². The molecule has 0 unspecified atom stereocenters. The summed E-state index contributed by atoms with van der Waals surface area (Å²) in [6.45, 7) is 47.6. The molecule has 3 aliphatic rings. The molecule has 0 amide bonds. The summed E-state index contributed by atoms with van der Waals surface area (Å²) in [4.78, 5) is 0. The predicted molar refractivity (Wildman–Crippen MR) is 198 cm³/mol. The standard InChI is InChI=1S/C45H58/c1-26(2)39-30(6)25-43(14)38(24-28(4)22-35-21-20-27(3)23-37(35)42(11,12)13)44(15)32(8)36-19-17-18-29(5)40(36)31(7)41(44)34(10)45(43,16)33(39)9/h17-21,23,32,38H,1,4,7,9,22,24-25H2,2-3,5-6,8,10-16H3/t32-,38+,43+,44-,45-/m1/s1. The molecule has 0 nitrogen and oxygen atoms in total. The van der Waals surface area contributed by atoms with Gasteiger partial charge in [0.05, 0.1) is 0 Å². The van der Waals surface area contributed by atoms with Crippen LogP contribution in [0.25, 0.3) is 5.57 Å². The lowest BCUT2D eigenvalue weighted by atomic mass is 9.36. The molecule has 0 heteroatoms. The molecular weight excluding hydrogens is 540 g/mol. The van der Waals surface area contributed by atoms with Crippen LogP contribution in [-0.4, -0.2) is 0 Å². The Morgan fingerprint density at radius 2 is 1.60 bits per heavy atom. The molecule has 0 aliphatic heterocycles. The maximum atomic E-state index is 4.91. The smallest absolute Gasteiger partial charge is 0.0197 e. The van der Waals surface area contributed by atoms with Crippen LogP contribution in [0.5, 0.6) is 0 Å². The highest BCUT2D eigenvalue weighted by molar-refractivity contribution is 5.87. The second-order valence-electron chi connectivity index (χ2n) is 16.7. The van der Waals surface area contributed by atoms with E-state index in [1.54, 1.807) is 0 Å². The fourth-order valence-corrected chi connectivity index (χ4v) is 10.5. The van der Waals surface area contributed by atoms with Crippen molar-refractivity contribution in [3.63, 3.8) is 0 Å². The normalized spacial score (nSPS) is 29.8. The minimum atomic E-state index is -0.232. The van der Waals surface area contributed by atoms with Gasteiger partial charge in [-0.05, 0) is 127 Å². The molecule has 5 rings (SSSR count). The molecule has 45 heavy (non-hydrogen) atoms. The van der Waals surface area contributed by atoms with Crippen LogP contribution in [0.15, 0.2) is 102 Å². The van der Waals surface area contributed by atoms with Crippen molar-refractivity contribution in [1.29, 1.82) is 0 Å². The zero-order valence-electron chi connectivity index (χ0n) is 30.6. The molecule has 0 fully saturated rings. The third-order valence-corrected chi connectivity index (χ3v) is 13.0. The molecule has 0 bridgehead atoms. The largest absolute Gasteiger partial charge is 0.0995 e. The van der Waals surface area contributed by atoms with E-state index in [4.69, 9.17) is 19.7 Å². The van der Waals surface area contributed by atoms with Gasteiger partial charge in [0.15, 0.2) is 0 Å². The van der Waals surface area contributed by atoms with Crippen molar-refractivity contribution in [1.82, 2.24) is 0 Å². The molecular formula is C45H58. The van der Waals surface area contributed by atoms with Crippen LogP contribution in [0.4, 0.5) is 0 Å². The molecule has 0 saturated heterocycles. The molecule has 0 spiro atoms. The van der Waals surface area contributed by atoms with Gasteiger partial charge in [0.2, 0.25) is 0 Å². The van der Waals surface area contributed by atoms with E-state index in [1.165, 1.54) is 72.4 Å². The van der Waals surface area contributed by atoms with E-state index in [9.17, 15) is 0 Å². The summed E-state index contributed by atoms with van der Waals surface area (Å²) < 4.78 is 0. The molecule has 0 heterocycles. The Morgan fingerprint density at radius 1 is 0.956 bits per heavy atom. The highest BCUT2D eigenvalue weighted by Gasteiger charge is 2.66. The number of rotatable bonds is 5. The van der Waals surface area contributed by atoms with Crippen molar-refractivity contribution in [3.05, 3.63) is 135 Å². The minimum Gasteiger partial charge on any atom is -0.0995 e. The van der Waals surface area contributed by atoms with Gasteiger partial charge < -0.3 is 0 Å². The van der Waals surface area contributed by atoms with E-state index in [0.717, 1.165) is 24.8 Å². The zero-order chi connectivity index (χ0) is 33.6. The van der Waals surface area contributed by atoms with Gasteiger partial charge in [0.1, 0.15) is 0 Å². The van der Waals surface area contributed by atoms with Gasteiger partial charge in [-0.2, -0.15) is 0 Å². The van der Waals surface area contributed by atoms with E-state index in [0.29, 0.717) is 11.8 Å². The Morgan fingerprint density at radius 3 is 2.20 bits per heavy atom. The first-order chi connectivity index (χ1) is 20.7. The molecule has 0 saturated carbocycles. The number of fused-ring (bicyclic) bond motifs is 3. The topological polar surface area (TPSA) is 0 Å². The summed E-state index contributed by atoms with van der Waals surface area (Å²) >= 11 is 0. The Balaban J connectivity index is 1.75. The zero-order valence-corrected chi connectivity index (χ0v) is 30.6. The fraction of sp³-hybridized carbons (Fsp3) is 0.467. The van der Waals surface area contributed by atoms with Crippen molar-refractivity contribution < 1.29 is 0 Å². The lowest BCUT2D eigenvalue weighted by molar-refractivity contribution is -0.0370. The lowest BCUT2D eigenvalue weighted by Gasteiger charge is -2.67. The quantitative estimate of drug-likeness (QED) is 0.300. The van der Waals surface area contributed by atoms with Crippen molar-refractivity contribution >= 4 is 5.57 Å². The number of benzene rings is 2. The average molecular weight is 599 g/mol. The summed E-state index contributed by atoms with van der Waals surface area (Å²) in [5.74, 6) is 0.676. The Kier molecular flexibility index (Phi) is 7.92. The van der Waals surface area contributed by atoms with E-state index in [2.05, 4.69) is 126 Å². The highest BCUT2D eigenvalue weighted by atomic mass is 14.7. The Bertz CT molecular complexity index is 1720. The summed E-state index contributed by atoms with van der Waals surface area (Å²) in [5, 5.41) is 0. The third kappa shape index (κ3) is 4.60. The second-order valence-corrected chi connectivity index (χ2v) is 16.7. The average Bonchev–Trinajstić information content (AvgIpc) is 2.92. The second kappa shape index (κ2) is 10.7. The summed E-state index contributed by atoms with van der Waals surface area (Å²) in [7, 11) is 0. The Labute approximate surface area is 275 Å². The van der Waals surface area contributed by atoms with Gasteiger partial charge >= 0.3 is 0 Å². The van der Waals surface area contributed by atoms with Gasteiger partial charge in [0, 0.05) is 10.8 Å². The maximum Gasteiger partial charge on any atom is 0.0197 e. The van der Waals surface area contributed by atoms with Crippen LogP contribution in [-0.2, 0) is 11.8 Å². The van der Waals surface area contributed by atoms with Crippen molar-refractivity contribution in [2.45, 2.75) is 114 Å². The minimum absolute atomic E-state index is 0.0611. The van der Waals surface area contributed by atoms with Crippen LogP contribution in [0.2, 0.25) is 0 Å². The molecule has 2 aromatic carbocycles. The van der Waals surface area contributed by atoms with E-state index in [-0.39, 0.29) is 21.7 Å². The van der Waals surface area contributed by atoms with E-state index < -0.39 is 0 Å². The first-order valence-corrected chi connectivity index (χ1v) is 17.1. The molecule has 2 aromatic rings. The van der Waals surface area contributed by atoms with Gasteiger partial charge in [-0.3, -0.25) is 0 Å². The first-order valence-electron chi connectivity index (χ1n) is 17.1. The van der Waals surface area contributed by atoms with Gasteiger partial charge in [0.25, 0.3) is 0 Å². The summed E-state index contributed by atoms with van der Waals surface area (Å²) in [5.41, 5.74) is 18.5. The van der Waals surface area contributed by atoms with Crippen LogP contribution < -0.4 is 0 Å². The summed E-state index contributed by atoms with van der Waals surface area (Å²) in [6.07, 6.45) is 2.90. The van der Waals surface area contributed by atoms with Crippen LogP contribution in [0.1, 0.15) is 121 Å². The Hall–Kier alpha value is -3.12. The van der Waals surface area contributed by atoms with E-state index >= 15 is 0 Å². The molecule has 0 N–H and O–H groups in total. The monoisotopic (exact) mass is 598 g/mol. The van der Waals surface area contributed by atoms with Crippen molar-refractivity contribution in [2.24, 2.45) is 22.2 Å². The van der Waals surface area contributed by atoms with Crippen LogP contribution in [0, 0.1) is 36.0 Å². The molecule has 0 aromatic heterocycles. The van der Waals surface area contributed by atoms with E-state index in [1.807, 2.05) is 0 Å². The number of aryl methyl sites for hydroxylation is 2. The predicted octanol–water partition coefficient (Wildman–Crippen LogP) is 12.7. The van der Waals surface area contributed by atoms with Crippen molar-refractivity contribution in [3.8, 4) is 0 Å². The SMILES string of the molecule is C=C(Cc1ccc(C)cc1C(C)(C)C)C[C@@H]1[C@]2(C)C(=C(C)[C@@]3(C)C(=C)C(C(=C)C)=C(C)C[C@@]13C)C(=C)c1c(C)cccc1[C@H]2C. The van der Waals surface area contributed by atoms with Gasteiger partial charge in [-0.1, -0.05) is 139 Å². The fourth-order valence-electron chi connectivity index (χ4n) is 10.5. The molecule has 238 valence electrons. The molecule has 0 radical (unpaired) electrons. The van der Waals surface area contributed by atoms with Crippen LogP contribution in [0.3, 0.4) is 0 Å². The van der Waals surface area contributed by atoms with Crippen LogP contribution >= 0.6 is 0 Å². The lowest BCUT2D eigenvalue weighted by Crippen LogP contribution is -2.59. The third-order valence-electron chi connectivity index (χ3n) is 13.0. The summed E-state index contributed by atoms with van der Waals surface area (Å²) in [6, 6.07) is 13.9. The number of hydrogen-bond donors (Lipinski definition) is 0. The number of allylic oxidation sites excluding steroid dienone is 8. The highest BCUT2D eigenvalue weighted by Crippen LogP contribution is 2.75. The number of hydrogen-bond acceptors (Lipinski definition) is 0. The molecule has 5 atom stereocenters. The molecule has 3 aliphatic carbocycles. The van der Waals surface area contributed by atoms with Gasteiger partial charge in [-0.15, -0.1) is 0 Å².